The minimum absolute atomic E-state index is 0.589. The maximum absolute atomic E-state index is 9.40. The Morgan fingerprint density at radius 2 is 1.80 bits per heavy atom. The van der Waals surface area contributed by atoms with Gasteiger partial charge in [0.15, 0.2) is 5.17 Å². The van der Waals surface area contributed by atoms with Gasteiger partial charge in [-0.25, -0.2) is 0 Å². The molecule has 0 amide bonds. The summed E-state index contributed by atoms with van der Waals surface area (Å²) in [5.41, 5.74) is 2.58. The van der Waals surface area contributed by atoms with Gasteiger partial charge >= 0.3 is 0 Å². The van der Waals surface area contributed by atoms with Gasteiger partial charge in [-0.1, -0.05) is 47.2 Å². The molecule has 1 N–H and O–H groups in total. The molecule has 0 fully saturated rings. The molecule has 132 valence electrons. The van der Waals surface area contributed by atoms with Crippen LogP contribution in [0.5, 0.6) is 5.75 Å². The lowest BCUT2D eigenvalue weighted by Crippen LogP contribution is -2.31. The Labute approximate surface area is 153 Å². The van der Waals surface area contributed by atoms with Gasteiger partial charge in [-0.3, -0.25) is 4.99 Å². The van der Waals surface area contributed by atoms with Gasteiger partial charge in [0.25, 0.3) is 0 Å². The summed E-state index contributed by atoms with van der Waals surface area (Å²) in [5.74, 6) is 0.810. The summed E-state index contributed by atoms with van der Waals surface area (Å²) in [6.45, 7) is 0.647. The number of rotatable bonds is 6. The molecule has 0 aliphatic heterocycles. The van der Waals surface area contributed by atoms with Crippen molar-refractivity contribution >= 4 is 28.3 Å². The van der Waals surface area contributed by atoms with Gasteiger partial charge in [0.1, 0.15) is 5.75 Å². The predicted molar refractivity (Wildman–Crippen MR) is 107 cm³/mol. The van der Waals surface area contributed by atoms with Crippen molar-refractivity contribution in [1.29, 1.82) is 0 Å². The first kappa shape index (κ1) is 18.9. The van der Waals surface area contributed by atoms with Crippen molar-refractivity contribution in [3.05, 3.63) is 60.2 Å². The van der Waals surface area contributed by atoms with Crippen LogP contribution in [0.15, 0.2) is 64.7 Å². The number of thioether (sulfide) groups is 1. The largest absolute Gasteiger partial charge is 0.497 e. The molecule has 2 aromatic carbocycles. The number of amidine groups is 1. The van der Waals surface area contributed by atoms with Crippen molar-refractivity contribution < 1.29 is 9.94 Å². The fourth-order valence-electron chi connectivity index (χ4n) is 2.52. The third-order valence-electron chi connectivity index (χ3n) is 3.79. The van der Waals surface area contributed by atoms with Crippen LogP contribution >= 0.6 is 11.8 Å². The molecule has 0 saturated heterocycles. The molecule has 6 heteroatoms. The van der Waals surface area contributed by atoms with Crippen molar-refractivity contribution in [3.8, 4) is 5.75 Å². The highest BCUT2D eigenvalue weighted by atomic mass is 32.2. The lowest BCUT2D eigenvalue weighted by Gasteiger charge is -2.25. The standard InChI is InChI=1S/C19H23N3O2S/c1-20-19(25-3)22(16-9-11-17(24-2)12-10-16)14-13-18(21-23)15-7-5-4-6-8-15/h4-12,23H,13-14H2,1-3H3/b20-19?,21-18-. The number of nitrogens with zero attached hydrogens (tertiary/aromatic N) is 3. The number of hydrogen-bond donors (Lipinski definition) is 1. The quantitative estimate of drug-likeness (QED) is 0.366. The van der Waals surface area contributed by atoms with Crippen LogP contribution in [0.4, 0.5) is 5.69 Å². The highest BCUT2D eigenvalue weighted by Gasteiger charge is 2.15. The molecule has 5 nitrogen and oxygen atoms in total. The van der Waals surface area contributed by atoms with E-state index in [-0.39, 0.29) is 0 Å². The Kier molecular flexibility index (Phi) is 7.35. The lowest BCUT2D eigenvalue weighted by molar-refractivity contribution is 0.318. The Morgan fingerprint density at radius 1 is 1.12 bits per heavy atom. The van der Waals surface area contributed by atoms with Gasteiger partial charge in [0.2, 0.25) is 0 Å². The maximum Gasteiger partial charge on any atom is 0.163 e. The fourth-order valence-corrected chi connectivity index (χ4v) is 3.12. The number of benzene rings is 2. The summed E-state index contributed by atoms with van der Waals surface area (Å²) in [7, 11) is 3.43. The van der Waals surface area contributed by atoms with Gasteiger partial charge in [-0.15, -0.1) is 0 Å². The second-order valence-corrected chi connectivity index (χ2v) is 6.00. The monoisotopic (exact) mass is 357 g/mol. The van der Waals surface area contributed by atoms with Gasteiger partial charge in [-0.05, 0) is 36.1 Å². The Hall–Kier alpha value is -2.47. The van der Waals surface area contributed by atoms with Crippen LogP contribution in [0.3, 0.4) is 0 Å². The van der Waals surface area contributed by atoms with Crippen LogP contribution in [0, 0.1) is 0 Å². The molecular formula is C19H23N3O2S. The van der Waals surface area contributed by atoms with E-state index in [0.29, 0.717) is 18.7 Å². The molecule has 0 radical (unpaired) electrons. The molecule has 0 atom stereocenters. The molecule has 0 bridgehead atoms. The van der Waals surface area contributed by atoms with Crippen molar-refractivity contribution in [2.45, 2.75) is 6.42 Å². The van der Waals surface area contributed by atoms with E-state index in [4.69, 9.17) is 4.74 Å². The summed E-state index contributed by atoms with van der Waals surface area (Å²) in [5, 5.41) is 13.8. The second-order valence-electron chi connectivity index (χ2n) is 5.22. The molecule has 0 heterocycles. The summed E-state index contributed by atoms with van der Waals surface area (Å²) >= 11 is 1.58. The molecule has 0 aliphatic rings. The molecule has 0 unspecified atom stereocenters. The van der Waals surface area contributed by atoms with Crippen molar-refractivity contribution in [1.82, 2.24) is 0 Å². The Morgan fingerprint density at radius 3 is 2.32 bits per heavy atom. The summed E-state index contributed by atoms with van der Waals surface area (Å²) in [4.78, 5) is 6.48. The summed E-state index contributed by atoms with van der Waals surface area (Å²) < 4.78 is 5.23. The average molecular weight is 357 g/mol. The second kappa shape index (κ2) is 9.74. The number of methoxy groups -OCH3 is 1. The van der Waals surface area contributed by atoms with Crippen LogP contribution in [0.2, 0.25) is 0 Å². The van der Waals surface area contributed by atoms with Crippen LogP contribution in [0.25, 0.3) is 0 Å². The molecule has 2 aromatic rings. The third kappa shape index (κ3) is 5.00. The number of anilines is 1. The van der Waals surface area contributed by atoms with Gasteiger partial charge in [0, 0.05) is 25.7 Å². The third-order valence-corrected chi connectivity index (χ3v) is 4.56. The van der Waals surface area contributed by atoms with E-state index in [1.165, 1.54) is 0 Å². The molecule has 2 rings (SSSR count). The first-order valence-corrected chi connectivity index (χ1v) is 9.14. The van der Waals surface area contributed by atoms with Crippen LogP contribution in [-0.2, 0) is 0 Å². The lowest BCUT2D eigenvalue weighted by atomic mass is 10.1. The topological polar surface area (TPSA) is 57.4 Å². The molecule has 0 saturated carbocycles. The average Bonchev–Trinajstić information content (AvgIpc) is 2.68. The fraction of sp³-hybridized carbons (Fsp3) is 0.263. The van der Waals surface area contributed by atoms with E-state index in [9.17, 15) is 5.21 Å². The van der Waals surface area contributed by atoms with Crippen LogP contribution in [0.1, 0.15) is 12.0 Å². The van der Waals surface area contributed by atoms with Crippen LogP contribution in [-0.4, -0.2) is 43.0 Å². The Bertz CT molecular complexity index is 715. The van der Waals surface area contributed by atoms with E-state index >= 15 is 0 Å². The molecule has 0 aromatic heterocycles. The zero-order valence-electron chi connectivity index (χ0n) is 14.7. The highest BCUT2D eigenvalue weighted by Crippen LogP contribution is 2.23. The summed E-state index contributed by atoms with van der Waals surface area (Å²) in [6.07, 6.45) is 2.59. The highest BCUT2D eigenvalue weighted by molar-refractivity contribution is 8.13. The number of ether oxygens (including phenoxy) is 1. The number of oxime groups is 1. The Balaban J connectivity index is 2.21. The minimum Gasteiger partial charge on any atom is -0.497 e. The van der Waals surface area contributed by atoms with Gasteiger partial charge in [0.05, 0.1) is 12.8 Å². The number of aliphatic imine (C=N–C) groups is 1. The van der Waals surface area contributed by atoms with E-state index < -0.39 is 0 Å². The SMILES string of the molecule is CN=C(SC)N(CC/C(=N/O)c1ccccc1)c1ccc(OC)cc1. The first-order chi connectivity index (χ1) is 12.2. The zero-order chi connectivity index (χ0) is 18.1. The van der Waals surface area contributed by atoms with Gasteiger partial charge in [-0.2, -0.15) is 0 Å². The van der Waals surface area contributed by atoms with Crippen LogP contribution < -0.4 is 9.64 Å². The van der Waals surface area contributed by atoms with Gasteiger partial charge < -0.3 is 14.8 Å². The minimum atomic E-state index is 0.589. The van der Waals surface area contributed by atoms with Crippen molar-refractivity contribution in [3.63, 3.8) is 0 Å². The predicted octanol–water partition coefficient (Wildman–Crippen LogP) is 4.12. The maximum atomic E-state index is 9.40. The molecular weight excluding hydrogens is 334 g/mol. The normalized spacial score (nSPS) is 12.1. The molecule has 25 heavy (non-hydrogen) atoms. The number of hydrogen-bond acceptors (Lipinski definition) is 5. The zero-order valence-corrected chi connectivity index (χ0v) is 15.5. The van der Waals surface area contributed by atoms with E-state index in [1.807, 2.05) is 60.9 Å². The van der Waals surface area contributed by atoms with Crippen molar-refractivity contribution in [2.75, 3.05) is 31.9 Å². The smallest absolute Gasteiger partial charge is 0.163 e. The molecule has 0 aliphatic carbocycles. The van der Waals surface area contributed by atoms with E-state index in [1.54, 1.807) is 25.9 Å². The van der Waals surface area contributed by atoms with Crippen molar-refractivity contribution in [2.24, 2.45) is 10.1 Å². The molecule has 0 spiro atoms. The first-order valence-electron chi connectivity index (χ1n) is 7.92. The van der Waals surface area contributed by atoms with E-state index in [0.717, 1.165) is 22.2 Å². The summed E-state index contributed by atoms with van der Waals surface area (Å²) in [6, 6.07) is 17.5. The van der Waals surface area contributed by atoms with E-state index in [2.05, 4.69) is 15.0 Å².